The molecule has 2 saturated heterocycles. The Labute approximate surface area is 131 Å². The van der Waals surface area contributed by atoms with Gasteiger partial charge in [-0.3, -0.25) is 0 Å². The summed E-state index contributed by atoms with van der Waals surface area (Å²) in [5.41, 5.74) is 1.74. The van der Waals surface area contributed by atoms with Crippen LogP contribution in [0.4, 0.5) is 0 Å². The summed E-state index contributed by atoms with van der Waals surface area (Å²) in [6.45, 7) is 8.52. The minimum atomic E-state index is -0.632. The molecule has 4 nitrogen and oxygen atoms in total. The van der Waals surface area contributed by atoms with E-state index in [1.165, 1.54) is 0 Å². The average Bonchev–Trinajstić information content (AvgIpc) is 3.06. The zero-order valence-corrected chi connectivity index (χ0v) is 13.1. The zero-order chi connectivity index (χ0) is 15.4. The lowest BCUT2D eigenvalue weighted by atomic mass is 9.94. The lowest BCUT2D eigenvalue weighted by Gasteiger charge is -2.33. The molecule has 0 aromatic heterocycles. The van der Waals surface area contributed by atoms with Crippen molar-refractivity contribution >= 4 is 0 Å². The first-order chi connectivity index (χ1) is 10.5. The van der Waals surface area contributed by atoms with E-state index in [1.54, 1.807) is 0 Å². The van der Waals surface area contributed by atoms with Crippen LogP contribution in [0.1, 0.15) is 32.3 Å². The molecule has 1 saturated carbocycles. The maximum Gasteiger partial charge on any atom is 0.190 e. The summed E-state index contributed by atoms with van der Waals surface area (Å²) in [4.78, 5) is 0. The largest absolute Gasteiger partial charge is 0.364 e. The molecular formula is C18H22O4. The number of fused-ring (bicyclic) bond motifs is 3. The molecule has 22 heavy (non-hydrogen) atoms. The fraction of sp³-hybridized carbons (Fsp3) is 0.556. The van der Waals surface area contributed by atoms with Crippen LogP contribution in [0.3, 0.4) is 0 Å². The van der Waals surface area contributed by atoms with Gasteiger partial charge in [-0.25, -0.2) is 0 Å². The Morgan fingerprint density at radius 2 is 2.00 bits per heavy atom. The average molecular weight is 302 g/mol. The monoisotopic (exact) mass is 302 g/mol. The normalized spacial score (nSPS) is 39.0. The third-order valence-corrected chi connectivity index (χ3v) is 4.81. The number of rotatable bonds is 3. The van der Waals surface area contributed by atoms with Gasteiger partial charge in [-0.05, 0) is 37.8 Å². The molecule has 4 atom stereocenters. The van der Waals surface area contributed by atoms with Crippen LogP contribution in [0.25, 0.3) is 0 Å². The molecule has 1 aliphatic carbocycles. The second-order valence-electron chi connectivity index (χ2n) is 6.83. The molecule has 0 spiro atoms. The molecule has 4 heteroatoms. The molecule has 2 heterocycles. The van der Waals surface area contributed by atoms with Crippen LogP contribution in [-0.2, 0) is 25.6 Å². The summed E-state index contributed by atoms with van der Waals surface area (Å²) in [5.74, 6) is -0.632. The van der Waals surface area contributed by atoms with Crippen LogP contribution in [-0.4, -0.2) is 29.9 Å². The van der Waals surface area contributed by atoms with Crippen LogP contribution in [0.5, 0.6) is 0 Å². The van der Waals surface area contributed by atoms with Crippen molar-refractivity contribution in [1.82, 2.24) is 0 Å². The fourth-order valence-corrected chi connectivity index (χ4v) is 3.78. The summed E-state index contributed by atoms with van der Waals surface area (Å²) in [7, 11) is 0. The minimum Gasteiger partial charge on any atom is -0.364 e. The molecule has 1 aromatic rings. The molecule has 0 unspecified atom stereocenters. The second-order valence-corrected chi connectivity index (χ2v) is 6.83. The molecule has 3 fully saturated rings. The third kappa shape index (κ3) is 2.14. The van der Waals surface area contributed by atoms with E-state index in [2.05, 4.69) is 18.7 Å². The van der Waals surface area contributed by atoms with Crippen LogP contribution >= 0.6 is 0 Å². The van der Waals surface area contributed by atoms with E-state index in [0.717, 1.165) is 24.0 Å². The Morgan fingerprint density at radius 1 is 1.23 bits per heavy atom. The minimum absolute atomic E-state index is 0.137. The zero-order valence-electron chi connectivity index (χ0n) is 13.1. The van der Waals surface area contributed by atoms with Crippen molar-refractivity contribution in [3.63, 3.8) is 0 Å². The first kappa shape index (κ1) is 14.4. The Hall–Kier alpha value is -1.20. The molecule has 3 aliphatic rings. The molecule has 2 aliphatic heterocycles. The van der Waals surface area contributed by atoms with Crippen LogP contribution in [0.2, 0.25) is 0 Å². The molecule has 0 amide bonds. The van der Waals surface area contributed by atoms with E-state index in [4.69, 9.17) is 18.9 Å². The van der Waals surface area contributed by atoms with Gasteiger partial charge in [-0.15, -0.1) is 0 Å². The van der Waals surface area contributed by atoms with Crippen molar-refractivity contribution in [3.8, 4) is 0 Å². The Morgan fingerprint density at radius 3 is 2.77 bits per heavy atom. The molecule has 4 rings (SSSR count). The molecule has 0 N–H and O–H groups in total. The standard InChI is InChI=1S/C18H22O4/c1-12-9-10-18(19-11-13-7-5-4-6-8-13)14(12)20-16-15(18)21-17(2,3)22-16/h4-8,14-16H,1,9-11H2,2-3H3/t14-,15+,16-,18-/m1/s1. The van der Waals surface area contributed by atoms with Gasteiger partial charge in [0.05, 0.1) is 6.61 Å². The Kier molecular flexibility index (Phi) is 3.20. The molecule has 1 aromatic carbocycles. The molecule has 0 radical (unpaired) electrons. The Balaban J connectivity index is 1.59. The maximum absolute atomic E-state index is 6.39. The topological polar surface area (TPSA) is 36.9 Å². The van der Waals surface area contributed by atoms with Gasteiger partial charge in [0.2, 0.25) is 0 Å². The smallest absolute Gasteiger partial charge is 0.190 e. The summed E-state index contributed by atoms with van der Waals surface area (Å²) < 4.78 is 24.4. The van der Waals surface area contributed by atoms with E-state index in [9.17, 15) is 0 Å². The van der Waals surface area contributed by atoms with Crippen molar-refractivity contribution in [2.75, 3.05) is 0 Å². The van der Waals surface area contributed by atoms with E-state index in [1.807, 2.05) is 32.0 Å². The quantitative estimate of drug-likeness (QED) is 0.804. The van der Waals surface area contributed by atoms with Gasteiger partial charge in [-0.2, -0.15) is 0 Å². The molecule has 118 valence electrons. The third-order valence-electron chi connectivity index (χ3n) is 4.81. The number of benzene rings is 1. The van der Waals surface area contributed by atoms with Gasteiger partial charge >= 0.3 is 0 Å². The van der Waals surface area contributed by atoms with Gasteiger partial charge in [0.15, 0.2) is 12.1 Å². The summed E-state index contributed by atoms with van der Waals surface area (Å²) in [6, 6.07) is 10.2. The maximum atomic E-state index is 6.39. The highest BCUT2D eigenvalue weighted by atomic mass is 16.8. The number of ether oxygens (including phenoxy) is 4. The van der Waals surface area contributed by atoms with Crippen molar-refractivity contribution in [2.45, 2.75) is 63.2 Å². The van der Waals surface area contributed by atoms with Gasteiger partial charge in [0.1, 0.15) is 17.8 Å². The summed E-state index contributed by atoms with van der Waals surface area (Å²) in [5, 5.41) is 0. The predicted octanol–water partition coefficient (Wildman–Crippen LogP) is 3.17. The van der Waals surface area contributed by atoms with E-state index < -0.39 is 11.4 Å². The summed E-state index contributed by atoms with van der Waals surface area (Å²) in [6.07, 6.45) is 1.07. The van der Waals surface area contributed by atoms with Crippen molar-refractivity contribution in [1.29, 1.82) is 0 Å². The fourth-order valence-electron chi connectivity index (χ4n) is 3.78. The number of hydrogen-bond acceptors (Lipinski definition) is 4. The summed E-state index contributed by atoms with van der Waals surface area (Å²) >= 11 is 0. The van der Waals surface area contributed by atoms with Crippen LogP contribution in [0, 0.1) is 0 Å². The first-order valence-corrected chi connectivity index (χ1v) is 7.87. The first-order valence-electron chi connectivity index (χ1n) is 7.87. The van der Waals surface area contributed by atoms with Crippen LogP contribution < -0.4 is 0 Å². The van der Waals surface area contributed by atoms with E-state index >= 15 is 0 Å². The van der Waals surface area contributed by atoms with Crippen molar-refractivity contribution < 1.29 is 18.9 Å². The highest BCUT2D eigenvalue weighted by Crippen LogP contribution is 2.53. The highest BCUT2D eigenvalue weighted by molar-refractivity contribution is 5.26. The highest BCUT2D eigenvalue weighted by Gasteiger charge is 2.67. The van der Waals surface area contributed by atoms with Crippen LogP contribution in [0.15, 0.2) is 42.5 Å². The van der Waals surface area contributed by atoms with Gasteiger partial charge in [0, 0.05) is 0 Å². The van der Waals surface area contributed by atoms with E-state index in [0.29, 0.717) is 6.61 Å². The molecule has 0 bridgehead atoms. The lowest BCUT2D eigenvalue weighted by molar-refractivity contribution is -0.228. The lowest BCUT2D eigenvalue weighted by Crippen LogP contribution is -2.48. The van der Waals surface area contributed by atoms with E-state index in [-0.39, 0.29) is 18.5 Å². The molecular weight excluding hydrogens is 280 g/mol. The van der Waals surface area contributed by atoms with Gasteiger partial charge in [0.25, 0.3) is 0 Å². The second kappa shape index (κ2) is 4.90. The van der Waals surface area contributed by atoms with Gasteiger partial charge in [-0.1, -0.05) is 36.9 Å². The van der Waals surface area contributed by atoms with Crippen molar-refractivity contribution in [3.05, 3.63) is 48.0 Å². The number of hydrogen-bond donors (Lipinski definition) is 0. The van der Waals surface area contributed by atoms with Gasteiger partial charge < -0.3 is 18.9 Å². The Bertz CT molecular complexity index is 582. The predicted molar refractivity (Wildman–Crippen MR) is 81.0 cm³/mol. The van der Waals surface area contributed by atoms with Crippen molar-refractivity contribution in [2.24, 2.45) is 0 Å². The SMILES string of the molecule is C=C1CC[C@@]2(OCc3ccccc3)[C@@H]1O[C@@H]1OC(C)(C)O[C@@H]12.